The van der Waals surface area contributed by atoms with Crippen LogP contribution < -0.4 is 0 Å². The van der Waals surface area contributed by atoms with Crippen LogP contribution in [0.15, 0.2) is 67.3 Å². The third-order valence-electron chi connectivity index (χ3n) is 17.8. The van der Waals surface area contributed by atoms with Gasteiger partial charge in [0.15, 0.2) is 18.2 Å². The zero-order valence-corrected chi connectivity index (χ0v) is 49.7. The summed E-state index contributed by atoms with van der Waals surface area (Å²) in [6, 6.07) is 11.1. The molecule has 4 saturated heterocycles. The SMILES string of the molecule is CC[C@@H]1OC(=O)[C@H](C)[C@@H](O[C@@H]2C[C@](C)(OC)[C@H](O)[C@@H](C)O2)[C@H](C)[C@@H](O[C@H]2O[C@@H](C)C[C@@H](N(CCCc3cccnc3)CCCc3cccnc3)[C@@H]2O)[C@@](C)(OC)C[C@@H](C)C(=O)[C@@H](C)[C@H]2N(CCc3ccc(Cl)c(F)c3)C(=O)O[C@]12C. The van der Waals surface area contributed by atoms with Crippen molar-refractivity contribution in [3.63, 3.8) is 0 Å². The van der Waals surface area contributed by atoms with Crippen LogP contribution >= 0.6 is 11.6 Å². The minimum Gasteiger partial charge on any atom is -0.458 e. The third-order valence-corrected chi connectivity index (χ3v) is 18.1. The summed E-state index contributed by atoms with van der Waals surface area (Å²) in [5.74, 6) is -4.99. The maximum atomic E-state index is 15.3. The quantitative estimate of drug-likeness (QED) is 0.108. The molecule has 4 fully saturated rings. The zero-order chi connectivity index (χ0) is 58.3. The first-order valence-corrected chi connectivity index (χ1v) is 29.1. The number of hydrogen-bond donors (Lipinski definition) is 2. The fourth-order valence-electron chi connectivity index (χ4n) is 13.2. The van der Waals surface area contributed by atoms with Crippen LogP contribution in [0.25, 0.3) is 0 Å². The number of cyclic esters (lactones) is 1. The van der Waals surface area contributed by atoms with Gasteiger partial charge < -0.3 is 48.1 Å². The highest BCUT2D eigenvalue weighted by Crippen LogP contribution is 2.45. The molecule has 0 aliphatic carbocycles. The van der Waals surface area contributed by atoms with Crippen molar-refractivity contribution in [1.29, 1.82) is 0 Å². The standard InChI is InChI=1S/C61H88ClFN4O13/c1-13-48-61(10)53(67(58(72)80-61)29-24-42-22-23-45(62)46(63)31-42)38(4)50(68)36(2)32-60(9,74-12)55(39(5)52(40(6)56(71)77-48)78-49-33-59(8,73-11)54(70)41(7)76-49)79-57-51(69)47(30-37(3)75-57)66(27-16-20-43-18-14-25-64-34-43)28-17-21-44-19-15-26-65-35-44/h14-15,18-19,22-23,25-26,31,34-41,47-49,51-55,57,69-70H,13,16-17,20-21,24,27-30,32-33H2,1-12H3/t36-,37+,38-,39+,40-,41-,47-,48+,49-,51+,52+,53-,54-,55-,57-,59+,60+,61-/m1/s1. The summed E-state index contributed by atoms with van der Waals surface area (Å²) in [7, 11) is 3.06. The number of pyridine rings is 2. The highest BCUT2D eigenvalue weighted by molar-refractivity contribution is 6.30. The summed E-state index contributed by atoms with van der Waals surface area (Å²) in [4.78, 5) is 57.2. The van der Waals surface area contributed by atoms with Crippen molar-refractivity contribution in [2.24, 2.45) is 23.7 Å². The number of carbonyl (C=O) groups excluding carboxylic acids is 3. The largest absolute Gasteiger partial charge is 0.458 e. The average molecular weight is 1140 g/mol. The van der Waals surface area contributed by atoms with E-state index in [1.807, 2.05) is 59.1 Å². The van der Waals surface area contributed by atoms with Gasteiger partial charge in [-0.3, -0.25) is 29.4 Å². The number of Topliss-reactive ketones (excluding diaryl/α,β-unsaturated/α-hetero) is 1. The molecule has 1 amide bonds. The van der Waals surface area contributed by atoms with E-state index in [4.69, 9.17) is 49.5 Å². The number of esters is 1. The maximum absolute atomic E-state index is 15.3. The molecule has 0 saturated carbocycles. The van der Waals surface area contributed by atoms with Crippen molar-refractivity contribution in [1.82, 2.24) is 19.8 Å². The van der Waals surface area contributed by atoms with Crippen LogP contribution in [0.3, 0.4) is 0 Å². The number of fused-ring (bicyclic) bond motifs is 1. The van der Waals surface area contributed by atoms with Gasteiger partial charge >= 0.3 is 12.1 Å². The number of halogens is 2. The minimum atomic E-state index is -1.53. The summed E-state index contributed by atoms with van der Waals surface area (Å²) in [6.45, 7) is 19.4. The molecule has 19 heteroatoms. The molecule has 0 spiro atoms. The maximum Gasteiger partial charge on any atom is 0.410 e. The molecule has 0 radical (unpaired) electrons. The molecule has 18 atom stereocenters. The van der Waals surface area contributed by atoms with Crippen molar-refractivity contribution in [2.75, 3.05) is 33.9 Å². The lowest BCUT2D eigenvalue weighted by Crippen LogP contribution is -2.62. The van der Waals surface area contributed by atoms with E-state index in [1.165, 1.54) is 24.1 Å². The number of aryl methyl sites for hydroxylation is 2. The predicted molar refractivity (Wildman–Crippen MR) is 298 cm³/mol. The van der Waals surface area contributed by atoms with Gasteiger partial charge in [0.25, 0.3) is 0 Å². The topological polar surface area (TPSA) is 198 Å². The van der Waals surface area contributed by atoms with E-state index >= 15 is 9.59 Å². The van der Waals surface area contributed by atoms with Gasteiger partial charge in [-0.15, -0.1) is 0 Å². The lowest BCUT2D eigenvalue weighted by Gasteiger charge is -2.50. The lowest BCUT2D eigenvalue weighted by molar-refractivity contribution is -0.319. The summed E-state index contributed by atoms with van der Waals surface area (Å²) in [5, 5.41) is 24.0. The fraction of sp³-hybridized carbons (Fsp3) is 0.689. The summed E-state index contributed by atoms with van der Waals surface area (Å²) in [6.07, 6.45) is 2.16. The fourth-order valence-corrected chi connectivity index (χ4v) is 13.3. The normalized spacial score (nSPS) is 36.5. The number of aromatic nitrogens is 2. The van der Waals surface area contributed by atoms with E-state index in [0.29, 0.717) is 25.1 Å². The molecule has 0 unspecified atom stereocenters. The number of ketones is 1. The van der Waals surface area contributed by atoms with Gasteiger partial charge in [-0.05, 0) is 147 Å². The number of rotatable bonds is 19. The molecule has 4 aliphatic rings. The van der Waals surface area contributed by atoms with Gasteiger partial charge in [-0.2, -0.15) is 0 Å². The Labute approximate surface area is 477 Å². The number of nitrogens with zero attached hydrogens (tertiary/aromatic N) is 4. The van der Waals surface area contributed by atoms with Gasteiger partial charge in [0.05, 0.1) is 52.6 Å². The number of methoxy groups -OCH3 is 2. The van der Waals surface area contributed by atoms with E-state index in [2.05, 4.69) is 27.0 Å². The lowest BCUT2D eigenvalue weighted by atomic mass is 9.73. The van der Waals surface area contributed by atoms with Gasteiger partial charge in [0, 0.05) is 75.8 Å². The Morgan fingerprint density at radius 1 is 0.825 bits per heavy atom. The number of aliphatic hydroxyl groups is 2. The summed E-state index contributed by atoms with van der Waals surface area (Å²) < 4.78 is 67.3. The molecule has 1 aromatic carbocycles. The molecule has 17 nitrogen and oxygen atoms in total. The second-order valence-corrected chi connectivity index (χ2v) is 24.1. The average Bonchev–Trinajstić information content (AvgIpc) is 3.97. The molecular formula is C61H88ClFN4O13. The Bertz CT molecular complexity index is 2460. The molecule has 0 bridgehead atoms. The molecule has 3 aromatic rings. The van der Waals surface area contributed by atoms with Crippen LogP contribution in [0, 0.1) is 29.5 Å². The van der Waals surface area contributed by atoms with E-state index in [9.17, 15) is 19.4 Å². The van der Waals surface area contributed by atoms with Crippen molar-refractivity contribution >= 4 is 29.4 Å². The molecule has 4 aliphatic heterocycles. The van der Waals surface area contributed by atoms with E-state index in [1.54, 1.807) is 60.2 Å². The van der Waals surface area contributed by atoms with E-state index < -0.39 is 120 Å². The van der Waals surface area contributed by atoms with Crippen LogP contribution in [0.1, 0.15) is 124 Å². The molecule has 2 N–H and O–H groups in total. The molecule has 80 heavy (non-hydrogen) atoms. The van der Waals surface area contributed by atoms with Crippen molar-refractivity contribution < 1.29 is 66.9 Å². The molecule has 444 valence electrons. The van der Waals surface area contributed by atoms with E-state index in [0.717, 1.165) is 36.8 Å². The number of ether oxygens (including phenoxy) is 8. The van der Waals surface area contributed by atoms with E-state index in [-0.39, 0.29) is 49.1 Å². The summed E-state index contributed by atoms with van der Waals surface area (Å²) in [5.41, 5.74) is -1.17. The molecular weight excluding hydrogens is 1050 g/mol. The van der Waals surface area contributed by atoms with Crippen LogP contribution in [0.5, 0.6) is 0 Å². The summed E-state index contributed by atoms with van der Waals surface area (Å²) >= 11 is 6.02. The number of amides is 1. The highest BCUT2D eigenvalue weighted by atomic mass is 35.5. The zero-order valence-electron chi connectivity index (χ0n) is 48.9. The number of aliphatic hydroxyl groups excluding tert-OH is 2. The predicted octanol–water partition coefficient (Wildman–Crippen LogP) is 8.74. The molecule has 2 aromatic heterocycles. The first-order valence-electron chi connectivity index (χ1n) is 28.7. The van der Waals surface area contributed by atoms with Crippen molar-refractivity contribution in [2.45, 2.75) is 211 Å². The Morgan fingerprint density at radius 3 is 2.04 bits per heavy atom. The van der Waals surface area contributed by atoms with Crippen LogP contribution in [-0.2, 0) is 66.7 Å². The van der Waals surface area contributed by atoms with Crippen molar-refractivity contribution in [3.8, 4) is 0 Å². The Morgan fingerprint density at radius 2 is 1.46 bits per heavy atom. The Hall–Kier alpha value is -4.21. The van der Waals surface area contributed by atoms with Crippen LogP contribution in [-0.4, -0.2) is 166 Å². The first-order chi connectivity index (χ1) is 38.0. The van der Waals surface area contributed by atoms with Gasteiger partial charge in [-0.25, -0.2) is 9.18 Å². The molecule has 7 rings (SSSR count). The monoisotopic (exact) mass is 1140 g/mol. The second-order valence-electron chi connectivity index (χ2n) is 23.7. The van der Waals surface area contributed by atoms with Gasteiger partial charge in [0.2, 0.25) is 0 Å². The van der Waals surface area contributed by atoms with Gasteiger partial charge in [0.1, 0.15) is 29.9 Å². The highest BCUT2D eigenvalue weighted by Gasteiger charge is 2.61. The van der Waals surface area contributed by atoms with Crippen molar-refractivity contribution in [3.05, 3.63) is 94.8 Å². The minimum absolute atomic E-state index is 0.0338. The number of hydrogen-bond acceptors (Lipinski definition) is 16. The smallest absolute Gasteiger partial charge is 0.410 e. The number of carbonyl (C=O) groups is 3. The third kappa shape index (κ3) is 14.4. The second kappa shape index (κ2) is 27.5. The van der Waals surface area contributed by atoms with Crippen LogP contribution in [0.2, 0.25) is 5.02 Å². The van der Waals surface area contributed by atoms with Gasteiger partial charge in [-0.1, -0.05) is 57.5 Å². The Kier molecular flexibility index (Phi) is 21.7. The molecule has 6 heterocycles. The van der Waals surface area contributed by atoms with Crippen LogP contribution in [0.4, 0.5) is 9.18 Å². The Balaban J connectivity index is 1.27. The first kappa shape index (κ1) is 63.4. The number of benzene rings is 1.